The number of carbonyl (C=O) groups excluding carboxylic acids is 4. The van der Waals surface area contributed by atoms with Gasteiger partial charge in [-0.25, -0.2) is 19.6 Å². The standard InChI is InChI=1S/C47H52N8O7/c1-5-19-54(45(57)39(53-47(59)61-4)26-17-20-62-21-18-26)37(6-2)43-49-35-15-10-29-22-27(8-13-33(29)40(35)51-43)28-9-14-34-30(23-28)11-16-36-41(34)52-44(50-36)42-31-7-12-32(24-31)55(42)38(56)25-48-46(58)60-3/h6,8-11,13-16,22-23,26,31-32,37,39,42H,2,5,7,12,17-21,24-25H2,1,3-4H3,(H,48,58)(H,49,51)(H,50,52)(H,53,59). The molecule has 6 aromatic rings. The number of methoxy groups -OCH3 is 2. The van der Waals surface area contributed by atoms with E-state index in [1.54, 1.807) is 11.0 Å². The van der Waals surface area contributed by atoms with Gasteiger partial charge in [-0.15, -0.1) is 6.58 Å². The number of aromatic amines is 2. The van der Waals surface area contributed by atoms with Crippen LogP contribution < -0.4 is 10.6 Å². The number of fused-ring (bicyclic) bond motifs is 8. The summed E-state index contributed by atoms with van der Waals surface area (Å²) in [5, 5.41) is 9.42. The molecule has 3 aliphatic rings. The van der Waals surface area contributed by atoms with Gasteiger partial charge in [0.1, 0.15) is 30.3 Å². The van der Waals surface area contributed by atoms with E-state index in [1.807, 2.05) is 17.9 Å². The number of nitrogens with one attached hydrogen (secondary N) is 4. The van der Waals surface area contributed by atoms with Gasteiger partial charge in [-0.05, 0) is 96.5 Å². The Hall–Kier alpha value is -6.48. The van der Waals surface area contributed by atoms with Gasteiger partial charge in [0.2, 0.25) is 11.8 Å². The number of aromatic nitrogens is 4. The maximum absolute atomic E-state index is 14.4. The monoisotopic (exact) mass is 840 g/mol. The zero-order valence-electron chi connectivity index (χ0n) is 35.2. The second-order valence-electron chi connectivity index (χ2n) is 16.6. The molecule has 4 aromatic carbocycles. The van der Waals surface area contributed by atoms with Crippen LogP contribution in [0, 0.1) is 11.8 Å². The molecule has 9 rings (SSSR count). The Bertz CT molecular complexity index is 2700. The number of H-pyrrole nitrogens is 2. The molecular weight excluding hydrogens is 789 g/mol. The number of rotatable bonds is 12. The topological polar surface area (TPSA) is 184 Å². The largest absolute Gasteiger partial charge is 0.453 e. The minimum absolute atomic E-state index is 0.0951. The second-order valence-corrected chi connectivity index (χ2v) is 16.6. The molecule has 3 fully saturated rings. The van der Waals surface area contributed by atoms with Crippen molar-refractivity contribution < 1.29 is 33.4 Å². The van der Waals surface area contributed by atoms with Gasteiger partial charge >= 0.3 is 12.2 Å². The van der Waals surface area contributed by atoms with Gasteiger partial charge < -0.3 is 44.6 Å². The van der Waals surface area contributed by atoms with E-state index in [0.717, 1.165) is 79.8 Å². The quantitative estimate of drug-likeness (QED) is 0.0910. The molecule has 322 valence electrons. The van der Waals surface area contributed by atoms with Gasteiger partial charge in [-0.3, -0.25) is 9.59 Å². The molecule has 62 heavy (non-hydrogen) atoms. The van der Waals surface area contributed by atoms with E-state index in [4.69, 9.17) is 19.4 Å². The van der Waals surface area contributed by atoms with E-state index in [9.17, 15) is 19.2 Å². The first kappa shape index (κ1) is 40.9. The number of hydrogen-bond acceptors (Lipinski definition) is 9. The molecule has 15 nitrogen and oxygen atoms in total. The van der Waals surface area contributed by atoms with Crippen molar-refractivity contribution in [1.29, 1.82) is 0 Å². The summed E-state index contributed by atoms with van der Waals surface area (Å²) in [5.74, 6) is 1.23. The minimum atomic E-state index is -0.777. The van der Waals surface area contributed by atoms with Crippen molar-refractivity contribution in [3.8, 4) is 11.1 Å². The Balaban J connectivity index is 0.986. The highest BCUT2D eigenvalue weighted by Crippen LogP contribution is 2.50. The Kier molecular flexibility index (Phi) is 11.3. The van der Waals surface area contributed by atoms with E-state index in [2.05, 4.69) is 86.5 Å². The van der Waals surface area contributed by atoms with Crippen molar-refractivity contribution in [3.63, 3.8) is 0 Å². The fourth-order valence-electron chi connectivity index (χ4n) is 10.1. The van der Waals surface area contributed by atoms with Crippen LogP contribution in [0.25, 0.3) is 54.7 Å². The van der Waals surface area contributed by atoms with Crippen LogP contribution >= 0.6 is 0 Å². The molecule has 15 heteroatoms. The Morgan fingerprint density at radius 1 is 0.887 bits per heavy atom. The highest BCUT2D eigenvalue weighted by molar-refractivity contribution is 6.07. The zero-order valence-corrected chi connectivity index (χ0v) is 35.2. The molecule has 4 N–H and O–H groups in total. The number of amides is 4. The molecule has 2 aromatic heterocycles. The van der Waals surface area contributed by atoms with Gasteiger partial charge in [0.15, 0.2) is 0 Å². The SMILES string of the molecule is C=CC(c1nc2c(ccc3cc(-c4ccc5c(ccc6[nH]c(C7C8CCC(C8)N7C(=O)CNC(=O)OC)nc65)c4)ccc32)[nH]1)N(CCC)C(=O)C(NC(=O)OC)C1CCOCC1. The fraction of sp³-hybridized carbons (Fsp3) is 0.404. The maximum Gasteiger partial charge on any atom is 0.407 e. The fourth-order valence-corrected chi connectivity index (χ4v) is 10.1. The Labute approximate surface area is 358 Å². The molecule has 2 aliphatic heterocycles. The van der Waals surface area contributed by atoms with Crippen LogP contribution in [0.2, 0.25) is 0 Å². The predicted octanol–water partition coefficient (Wildman–Crippen LogP) is 7.44. The lowest BCUT2D eigenvalue weighted by atomic mass is 9.90. The lowest BCUT2D eigenvalue weighted by Gasteiger charge is -2.36. The summed E-state index contributed by atoms with van der Waals surface area (Å²) >= 11 is 0. The summed E-state index contributed by atoms with van der Waals surface area (Å²) in [6.45, 7) is 7.50. The third kappa shape index (κ3) is 7.48. The maximum atomic E-state index is 14.4. The van der Waals surface area contributed by atoms with Crippen LogP contribution in [0.5, 0.6) is 0 Å². The number of alkyl carbamates (subject to hydrolysis) is 2. The molecule has 1 saturated carbocycles. The van der Waals surface area contributed by atoms with E-state index in [1.165, 1.54) is 14.2 Å². The summed E-state index contributed by atoms with van der Waals surface area (Å²) < 4.78 is 15.2. The van der Waals surface area contributed by atoms with Crippen LogP contribution in [0.4, 0.5) is 9.59 Å². The van der Waals surface area contributed by atoms with Crippen molar-refractivity contribution in [2.24, 2.45) is 11.8 Å². The van der Waals surface area contributed by atoms with Crippen molar-refractivity contribution in [2.45, 2.75) is 69.6 Å². The van der Waals surface area contributed by atoms with Crippen LogP contribution in [-0.4, -0.2) is 106 Å². The van der Waals surface area contributed by atoms with E-state index in [0.29, 0.717) is 50.8 Å². The molecule has 2 saturated heterocycles. The zero-order chi connectivity index (χ0) is 43.1. The molecule has 0 radical (unpaired) electrons. The van der Waals surface area contributed by atoms with Crippen molar-refractivity contribution >= 4 is 67.6 Å². The number of piperidine rings is 1. The van der Waals surface area contributed by atoms with Crippen LogP contribution in [0.3, 0.4) is 0 Å². The number of imidazole rings is 2. The highest BCUT2D eigenvalue weighted by atomic mass is 16.5. The van der Waals surface area contributed by atoms with Gasteiger partial charge in [-0.2, -0.15) is 0 Å². The summed E-state index contributed by atoms with van der Waals surface area (Å²) in [6, 6.07) is 19.6. The first-order valence-electron chi connectivity index (χ1n) is 21.5. The summed E-state index contributed by atoms with van der Waals surface area (Å²) in [7, 11) is 2.58. The molecule has 1 aliphatic carbocycles. The third-order valence-corrected chi connectivity index (χ3v) is 13.1. The first-order chi connectivity index (χ1) is 30.2. The molecule has 4 amide bonds. The van der Waals surface area contributed by atoms with Gasteiger partial charge in [-0.1, -0.05) is 49.4 Å². The molecular formula is C47H52N8O7. The highest BCUT2D eigenvalue weighted by Gasteiger charge is 2.50. The number of benzene rings is 4. The summed E-state index contributed by atoms with van der Waals surface area (Å²) in [5.41, 5.74) is 5.51. The van der Waals surface area contributed by atoms with E-state index in [-0.39, 0.29) is 36.4 Å². The van der Waals surface area contributed by atoms with Crippen LogP contribution in [0.1, 0.15) is 69.2 Å². The molecule has 2 bridgehead atoms. The van der Waals surface area contributed by atoms with E-state index < -0.39 is 24.3 Å². The smallest absolute Gasteiger partial charge is 0.407 e. The lowest BCUT2D eigenvalue weighted by Crippen LogP contribution is -2.54. The Morgan fingerprint density at radius 3 is 2.19 bits per heavy atom. The Morgan fingerprint density at radius 2 is 1.55 bits per heavy atom. The average Bonchev–Trinajstić information content (AvgIpc) is 4.13. The number of likely N-dealkylation sites (tertiary alicyclic amines) is 1. The first-order valence-corrected chi connectivity index (χ1v) is 21.5. The van der Waals surface area contributed by atoms with Gasteiger partial charge in [0, 0.05) is 36.6 Å². The number of hydrogen-bond donors (Lipinski definition) is 4. The van der Waals surface area contributed by atoms with Crippen molar-refractivity contribution in [3.05, 3.63) is 85.0 Å². The lowest BCUT2D eigenvalue weighted by molar-refractivity contribution is -0.137. The van der Waals surface area contributed by atoms with E-state index >= 15 is 0 Å². The van der Waals surface area contributed by atoms with Crippen molar-refractivity contribution in [1.82, 2.24) is 40.4 Å². The number of ether oxygens (including phenoxy) is 3. The minimum Gasteiger partial charge on any atom is -0.453 e. The van der Waals surface area contributed by atoms with Crippen molar-refractivity contribution in [2.75, 3.05) is 40.5 Å². The average molecular weight is 841 g/mol. The molecule has 5 atom stereocenters. The van der Waals surface area contributed by atoms with Gasteiger partial charge in [0.05, 0.1) is 42.3 Å². The molecule has 0 spiro atoms. The van der Waals surface area contributed by atoms with Gasteiger partial charge in [0.25, 0.3) is 0 Å². The second kappa shape index (κ2) is 17.1. The normalized spacial score (nSPS) is 19.8. The predicted molar refractivity (Wildman–Crippen MR) is 235 cm³/mol. The van der Waals surface area contributed by atoms with Crippen LogP contribution in [0.15, 0.2) is 73.3 Å². The molecule has 5 unspecified atom stereocenters. The van der Waals surface area contributed by atoms with Crippen LogP contribution in [-0.2, 0) is 23.8 Å². The number of carbonyl (C=O) groups is 4. The summed E-state index contributed by atoms with van der Waals surface area (Å²) in [4.78, 5) is 72.8. The molecule has 4 heterocycles. The number of nitrogens with zero attached hydrogens (tertiary/aromatic N) is 4. The summed E-state index contributed by atoms with van der Waals surface area (Å²) in [6.07, 6.45) is 5.36. The third-order valence-electron chi connectivity index (χ3n) is 13.1.